The second-order valence-electron chi connectivity index (χ2n) is 3.20. The number of nitrogens with zero attached hydrogens (tertiary/aromatic N) is 1. The van der Waals surface area contributed by atoms with Crippen molar-refractivity contribution in [2.24, 2.45) is 0 Å². The minimum atomic E-state index is 0.804. The van der Waals surface area contributed by atoms with Crippen molar-refractivity contribution in [2.75, 3.05) is 0 Å². The highest BCUT2D eigenvalue weighted by atomic mass is 16.1. The zero-order valence-corrected chi connectivity index (χ0v) is 7.74. The Labute approximate surface area is 76.8 Å². The number of aldehydes is 1. The summed E-state index contributed by atoms with van der Waals surface area (Å²) in [5, 5.41) is 0. The Morgan fingerprint density at radius 2 is 2.08 bits per heavy atom. The van der Waals surface area contributed by atoms with Gasteiger partial charge in [0.1, 0.15) is 0 Å². The largest absolute Gasteiger partial charge is 0.320 e. The van der Waals surface area contributed by atoms with Crippen molar-refractivity contribution in [3.8, 4) is 0 Å². The lowest BCUT2D eigenvalue weighted by Gasteiger charge is -1.95. The number of aromatic nitrogens is 1. The molecular formula is C11H11NO. The fourth-order valence-corrected chi connectivity index (χ4v) is 1.67. The van der Waals surface area contributed by atoms with Gasteiger partial charge in [0.05, 0.1) is 5.52 Å². The van der Waals surface area contributed by atoms with Gasteiger partial charge in [0.2, 0.25) is 0 Å². The number of fused-ring (bicyclic) bond motifs is 1. The molecule has 0 spiro atoms. The molecule has 0 saturated heterocycles. The summed E-state index contributed by atoms with van der Waals surface area (Å²) in [7, 11) is 0. The van der Waals surface area contributed by atoms with Crippen LogP contribution >= 0.6 is 0 Å². The number of hydrogen-bond acceptors (Lipinski definition) is 1. The van der Waals surface area contributed by atoms with E-state index < -0.39 is 0 Å². The number of hydrogen-bond donors (Lipinski definition) is 0. The van der Waals surface area contributed by atoms with Crippen molar-refractivity contribution in [3.05, 3.63) is 41.2 Å². The van der Waals surface area contributed by atoms with Crippen LogP contribution in [-0.4, -0.2) is 10.7 Å². The summed E-state index contributed by atoms with van der Waals surface area (Å²) in [6, 6.07) is 5.87. The molecule has 0 atom stereocenters. The highest BCUT2D eigenvalue weighted by Crippen LogP contribution is 2.20. The number of carbonyl (C=O) groups is 1. The van der Waals surface area contributed by atoms with E-state index in [1.165, 1.54) is 0 Å². The summed E-state index contributed by atoms with van der Waals surface area (Å²) in [5.41, 5.74) is 4.00. The Balaban J connectivity index is 2.98. The van der Waals surface area contributed by atoms with Crippen molar-refractivity contribution < 1.29 is 4.79 Å². The number of aryl methyl sites for hydroxylation is 1. The topological polar surface area (TPSA) is 21.5 Å². The number of pyridine rings is 1. The maximum Gasteiger partial charge on any atom is 0.152 e. The van der Waals surface area contributed by atoms with E-state index in [-0.39, 0.29) is 0 Å². The van der Waals surface area contributed by atoms with Gasteiger partial charge in [0, 0.05) is 17.5 Å². The molecule has 0 N–H and O–H groups in total. The van der Waals surface area contributed by atoms with E-state index in [2.05, 4.69) is 0 Å². The van der Waals surface area contributed by atoms with E-state index in [1.54, 1.807) is 0 Å². The van der Waals surface area contributed by atoms with E-state index in [4.69, 9.17) is 0 Å². The van der Waals surface area contributed by atoms with E-state index in [0.29, 0.717) is 0 Å². The molecule has 13 heavy (non-hydrogen) atoms. The molecule has 2 heterocycles. The Hall–Kier alpha value is -1.57. The van der Waals surface area contributed by atoms with Crippen LogP contribution in [0.15, 0.2) is 24.4 Å². The van der Waals surface area contributed by atoms with Gasteiger partial charge >= 0.3 is 0 Å². The zero-order chi connectivity index (χ0) is 9.42. The highest BCUT2D eigenvalue weighted by Gasteiger charge is 2.09. The van der Waals surface area contributed by atoms with Gasteiger partial charge < -0.3 is 4.40 Å². The third-order valence-corrected chi connectivity index (χ3v) is 2.56. The van der Waals surface area contributed by atoms with Crippen LogP contribution in [-0.2, 0) is 0 Å². The molecule has 0 unspecified atom stereocenters. The summed E-state index contributed by atoms with van der Waals surface area (Å²) >= 11 is 0. The Kier molecular flexibility index (Phi) is 1.69. The average Bonchev–Trinajstić information content (AvgIpc) is 2.41. The molecule has 0 aliphatic carbocycles. The predicted octanol–water partition coefficient (Wildman–Crippen LogP) is 2.37. The van der Waals surface area contributed by atoms with Crippen LogP contribution in [0.5, 0.6) is 0 Å². The van der Waals surface area contributed by atoms with Crippen LogP contribution in [0, 0.1) is 13.8 Å². The molecule has 2 nitrogen and oxygen atoms in total. The molecule has 2 aromatic rings. The Bertz CT molecular complexity index is 468. The van der Waals surface area contributed by atoms with E-state index >= 15 is 0 Å². The summed E-state index contributed by atoms with van der Waals surface area (Å²) < 4.78 is 2.04. The van der Waals surface area contributed by atoms with Gasteiger partial charge in [0.25, 0.3) is 0 Å². The molecule has 2 rings (SSSR count). The van der Waals surface area contributed by atoms with Crippen LogP contribution in [0.1, 0.15) is 21.6 Å². The van der Waals surface area contributed by atoms with Crippen molar-refractivity contribution in [1.29, 1.82) is 0 Å². The monoisotopic (exact) mass is 173 g/mol. The van der Waals surface area contributed by atoms with E-state index in [9.17, 15) is 4.79 Å². The standard InChI is InChI=1S/C11H11NO/c1-8-9(2)12-6-4-3-5-11(12)10(8)7-13/h3-7H,1-2H3. The summed E-state index contributed by atoms with van der Waals surface area (Å²) in [6.07, 6.45) is 2.91. The van der Waals surface area contributed by atoms with Crippen molar-refractivity contribution in [3.63, 3.8) is 0 Å². The second kappa shape index (κ2) is 2.73. The lowest BCUT2D eigenvalue weighted by molar-refractivity contribution is 0.112. The number of carbonyl (C=O) groups excluding carboxylic acids is 1. The van der Waals surface area contributed by atoms with Gasteiger partial charge in [0.15, 0.2) is 6.29 Å². The summed E-state index contributed by atoms with van der Waals surface area (Å²) in [5.74, 6) is 0. The molecular weight excluding hydrogens is 162 g/mol. The molecule has 0 fully saturated rings. The Morgan fingerprint density at radius 3 is 2.77 bits per heavy atom. The van der Waals surface area contributed by atoms with Crippen LogP contribution in [0.4, 0.5) is 0 Å². The van der Waals surface area contributed by atoms with Gasteiger partial charge in [-0.1, -0.05) is 6.07 Å². The van der Waals surface area contributed by atoms with Crippen LogP contribution in [0.3, 0.4) is 0 Å². The normalized spacial score (nSPS) is 10.6. The molecule has 0 aliphatic rings. The number of rotatable bonds is 1. The highest BCUT2D eigenvalue weighted by molar-refractivity contribution is 5.89. The first-order chi connectivity index (χ1) is 6.25. The van der Waals surface area contributed by atoms with Gasteiger partial charge in [-0.15, -0.1) is 0 Å². The minimum Gasteiger partial charge on any atom is -0.320 e. The molecule has 0 amide bonds. The first-order valence-electron chi connectivity index (χ1n) is 4.27. The lowest BCUT2D eigenvalue weighted by Crippen LogP contribution is -1.84. The van der Waals surface area contributed by atoms with E-state index in [1.807, 2.05) is 42.6 Å². The minimum absolute atomic E-state index is 0.804. The maximum atomic E-state index is 10.8. The van der Waals surface area contributed by atoms with Gasteiger partial charge in [-0.25, -0.2) is 0 Å². The van der Waals surface area contributed by atoms with Crippen LogP contribution in [0.2, 0.25) is 0 Å². The SMILES string of the molecule is Cc1c(C=O)c2ccccn2c1C. The molecule has 0 bridgehead atoms. The fraction of sp³-hybridized carbons (Fsp3) is 0.182. The Morgan fingerprint density at radius 1 is 1.31 bits per heavy atom. The molecule has 0 saturated carbocycles. The molecule has 2 aromatic heterocycles. The lowest BCUT2D eigenvalue weighted by atomic mass is 10.2. The van der Waals surface area contributed by atoms with Gasteiger partial charge in [-0.05, 0) is 31.5 Å². The van der Waals surface area contributed by atoms with E-state index in [0.717, 1.165) is 28.6 Å². The van der Waals surface area contributed by atoms with Crippen LogP contribution in [0.25, 0.3) is 5.52 Å². The molecule has 0 radical (unpaired) electrons. The van der Waals surface area contributed by atoms with Gasteiger partial charge in [-0.3, -0.25) is 4.79 Å². The van der Waals surface area contributed by atoms with Crippen molar-refractivity contribution >= 4 is 11.8 Å². The summed E-state index contributed by atoms with van der Waals surface area (Å²) in [6.45, 7) is 4.00. The first-order valence-corrected chi connectivity index (χ1v) is 4.27. The zero-order valence-electron chi connectivity index (χ0n) is 7.74. The smallest absolute Gasteiger partial charge is 0.152 e. The van der Waals surface area contributed by atoms with Gasteiger partial charge in [-0.2, -0.15) is 0 Å². The summed E-state index contributed by atoms with van der Waals surface area (Å²) in [4.78, 5) is 10.8. The average molecular weight is 173 g/mol. The predicted molar refractivity (Wildman–Crippen MR) is 52.3 cm³/mol. The molecule has 2 heteroatoms. The van der Waals surface area contributed by atoms with Crippen molar-refractivity contribution in [1.82, 2.24) is 4.40 Å². The third kappa shape index (κ3) is 0.985. The second-order valence-corrected chi connectivity index (χ2v) is 3.20. The maximum absolute atomic E-state index is 10.8. The molecule has 0 aromatic carbocycles. The third-order valence-electron chi connectivity index (χ3n) is 2.56. The quantitative estimate of drug-likeness (QED) is 0.606. The first kappa shape index (κ1) is 8.05. The van der Waals surface area contributed by atoms with Crippen LogP contribution < -0.4 is 0 Å². The molecule has 66 valence electrons. The van der Waals surface area contributed by atoms with Crippen molar-refractivity contribution in [2.45, 2.75) is 13.8 Å². The fourth-order valence-electron chi connectivity index (χ4n) is 1.67. The molecule has 0 aliphatic heterocycles.